The second-order valence-corrected chi connectivity index (χ2v) is 7.09. The maximum atomic E-state index is 12.7. The van der Waals surface area contributed by atoms with Gasteiger partial charge in [-0.1, -0.05) is 6.92 Å². The van der Waals surface area contributed by atoms with Gasteiger partial charge in [0.05, 0.1) is 5.54 Å². The van der Waals surface area contributed by atoms with Crippen LogP contribution in [0.25, 0.3) is 0 Å². The highest BCUT2D eigenvalue weighted by molar-refractivity contribution is 5.92. The van der Waals surface area contributed by atoms with Crippen molar-refractivity contribution in [2.45, 2.75) is 57.0 Å². The molecule has 1 saturated heterocycles. The van der Waals surface area contributed by atoms with Gasteiger partial charge in [-0.2, -0.15) is 5.10 Å². The number of H-pyrrole nitrogens is 1. The molecule has 3 amide bonds. The van der Waals surface area contributed by atoms with Crippen LogP contribution >= 0.6 is 0 Å². The molecule has 1 aliphatic carbocycles. The fraction of sp³-hybridized carbons (Fsp3) is 0.647. The highest BCUT2D eigenvalue weighted by Gasteiger charge is 2.41. The number of carbonyl (C=O) groups is 3. The number of aromatic nitrogens is 2. The summed E-state index contributed by atoms with van der Waals surface area (Å²) < 4.78 is 0. The van der Waals surface area contributed by atoms with Crippen molar-refractivity contribution in [1.29, 1.82) is 0 Å². The molecular weight excluding hydrogens is 322 g/mol. The zero-order chi connectivity index (χ0) is 17.9. The van der Waals surface area contributed by atoms with E-state index in [1.807, 2.05) is 6.92 Å². The number of hydrogen-bond donors (Lipinski definition) is 4. The minimum atomic E-state index is -0.400. The number of nitrogens with one attached hydrogen (secondary N) is 4. The van der Waals surface area contributed by atoms with Crippen molar-refractivity contribution < 1.29 is 14.4 Å². The smallest absolute Gasteiger partial charge is 0.269 e. The second kappa shape index (κ2) is 7.25. The number of hydrogen-bond acceptors (Lipinski definition) is 4. The summed E-state index contributed by atoms with van der Waals surface area (Å²) in [6, 6.07) is 1.67. The molecule has 2 aliphatic rings. The Morgan fingerprint density at radius 1 is 1.40 bits per heavy atom. The van der Waals surface area contributed by atoms with Crippen LogP contribution in [0.5, 0.6) is 0 Å². The van der Waals surface area contributed by atoms with Gasteiger partial charge in [0, 0.05) is 31.1 Å². The van der Waals surface area contributed by atoms with E-state index in [2.05, 4.69) is 26.1 Å². The summed E-state index contributed by atoms with van der Waals surface area (Å²) in [5.74, 6) is -0.669. The van der Waals surface area contributed by atoms with Crippen molar-refractivity contribution in [3.05, 3.63) is 18.0 Å². The van der Waals surface area contributed by atoms with E-state index < -0.39 is 5.54 Å². The van der Waals surface area contributed by atoms with Crippen molar-refractivity contribution in [2.24, 2.45) is 5.92 Å². The molecule has 25 heavy (non-hydrogen) atoms. The Labute approximate surface area is 146 Å². The number of rotatable bonds is 6. The van der Waals surface area contributed by atoms with Gasteiger partial charge in [-0.25, -0.2) is 0 Å². The first-order valence-corrected chi connectivity index (χ1v) is 8.90. The lowest BCUT2D eigenvalue weighted by atomic mass is 9.75. The first-order chi connectivity index (χ1) is 12.0. The number of amides is 3. The van der Waals surface area contributed by atoms with Gasteiger partial charge in [0.15, 0.2) is 0 Å². The van der Waals surface area contributed by atoms with Crippen LogP contribution in [0.3, 0.4) is 0 Å². The van der Waals surface area contributed by atoms with Gasteiger partial charge in [-0.05, 0) is 38.2 Å². The fourth-order valence-corrected chi connectivity index (χ4v) is 3.50. The summed E-state index contributed by atoms with van der Waals surface area (Å²) in [5.41, 5.74) is -0.00175. The van der Waals surface area contributed by atoms with Crippen LogP contribution in [0, 0.1) is 5.92 Å². The predicted molar refractivity (Wildman–Crippen MR) is 90.6 cm³/mol. The number of aromatic amines is 1. The Morgan fingerprint density at radius 2 is 2.20 bits per heavy atom. The standard InChI is InChI=1S/C17H25N5O3/c1-2-12-8-11(9-14(23)20-12)15(24)21-17(5-3-6-17)10-18-16(25)13-4-7-19-22-13/h4,7,11-12H,2-3,5-6,8-10H2,1H3,(H,18,25)(H,19,22)(H,20,23)(H,21,24)/t11-,12+/m0/s1. The van der Waals surface area contributed by atoms with Gasteiger partial charge in [-0.3, -0.25) is 19.5 Å². The molecule has 1 aromatic rings. The molecule has 8 heteroatoms. The SMILES string of the molecule is CC[C@@H]1C[C@H](C(=O)NC2(CNC(=O)c3ccn[nH]3)CCC2)CC(=O)N1. The summed E-state index contributed by atoms with van der Waals surface area (Å²) in [6.07, 6.45) is 5.93. The molecule has 8 nitrogen and oxygen atoms in total. The third kappa shape index (κ3) is 4.00. The summed E-state index contributed by atoms with van der Waals surface area (Å²) in [6.45, 7) is 2.39. The lowest BCUT2D eigenvalue weighted by Crippen LogP contribution is -2.61. The Bertz CT molecular complexity index is 639. The van der Waals surface area contributed by atoms with E-state index in [1.165, 1.54) is 6.20 Å². The molecule has 2 atom stereocenters. The van der Waals surface area contributed by atoms with Crippen LogP contribution in [0.15, 0.2) is 12.3 Å². The molecule has 1 saturated carbocycles. The van der Waals surface area contributed by atoms with Gasteiger partial charge in [0.25, 0.3) is 5.91 Å². The molecule has 1 aromatic heterocycles. The zero-order valence-corrected chi connectivity index (χ0v) is 14.4. The summed E-state index contributed by atoms with van der Waals surface area (Å²) in [5, 5.41) is 15.3. The maximum absolute atomic E-state index is 12.7. The minimum absolute atomic E-state index is 0.0616. The summed E-state index contributed by atoms with van der Waals surface area (Å²) >= 11 is 0. The van der Waals surface area contributed by atoms with E-state index in [0.717, 1.165) is 25.7 Å². The molecule has 4 N–H and O–H groups in total. The van der Waals surface area contributed by atoms with E-state index in [-0.39, 0.29) is 36.1 Å². The molecule has 1 aliphatic heterocycles. The second-order valence-electron chi connectivity index (χ2n) is 7.09. The van der Waals surface area contributed by atoms with E-state index in [0.29, 0.717) is 18.7 Å². The molecule has 0 bridgehead atoms. The van der Waals surface area contributed by atoms with E-state index in [4.69, 9.17) is 0 Å². The Morgan fingerprint density at radius 3 is 2.80 bits per heavy atom. The van der Waals surface area contributed by atoms with Crippen LogP contribution < -0.4 is 16.0 Å². The van der Waals surface area contributed by atoms with Crippen molar-refractivity contribution in [3.8, 4) is 0 Å². The van der Waals surface area contributed by atoms with Crippen molar-refractivity contribution in [1.82, 2.24) is 26.1 Å². The molecule has 136 valence electrons. The van der Waals surface area contributed by atoms with Crippen LogP contribution in [-0.2, 0) is 9.59 Å². The molecule has 0 unspecified atom stereocenters. The minimum Gasteiger partial charge on any atom is -0.353 e. The molecule has 3 rings (SSSR count). The van der Waals surface area contributed by atoms with Crippen LogP contribution in [0.1, 0.15) is 55.9 Å². The van der Waals surface area contributed by atoms with Crippen molar-refractivity contribution >= 4 is 17.7 Å². The van der Waals surface area contributed by atoms with Gasteiger partial charge in [-0.15, -0.1) is 0 Å². The topological polar surface area (TPSA) is 116 Å². The Hall–Kier alpha value is -2.38. The summed E-state index contributed by atoms with van der Waals surface area (Å²) in [4.78, 5) is 36.5. The maximum Gasteiger partial charge on any atom is 0.269 e. The molecule has 0 aromatic carbocycles. The first-order valence-electron chi connectivity index (χ1n) is 8.90. The van der Waals surface area contributed by atoms with Gasteiger partial charge < -0.3 is 16.0 Å². The normalized spacial score (nSPS) is 24.8. The van der Waals surface area contributed by atoms with Crippen LogP contribution in [-0.4, -0.2) is 46.0 Å². The summed E-state index contributed by atoms with van der Waals surface area (Å²) in [7, 11) is 0. The third-order valence-electron chi connectivity index (χ3n) is 5.26. The monoisotopic (exact) mass is 347 g/mol. The van der Waals surface area contributed by atoms with Crippen molar-refractivity contribution in [3.63, 3.8) is 0 Å². The number of nitrogens with zero attached hydrogens (tertiary/aromatic N) is 1. The van der Waals surface area contributed by atoms with E-state index >= 15 is 0 Å². The van der Waals surface area contributed by atoms with E-state index in [9.17, 15) is 14.4 Å². The largest absolute Gasteiger partial charge is 0.353 e. The van der Waals surface area contributed by atoms with Gasteiger partial charge >= 0.3 is 0 Å². The van der Waals surface area contributed by atoms with Gasteiger partial charge in [0.1, 0.15) is 5.69 Å². The predicted octanol–water partition coefficient (Wildman–Crippen LogP) is 0.483. The number of piperidine rings is 1. The lowest BCUT2D eigenvalue weighted by molar-refractivity contribution is -0.135. The first kappa shape index (κ1) is 17.4. The number of carbonyl (C=O) groups excluding carboxylic acids is 3. The molecule has 0 radical (unpaired) electrons. The Balaban J connectivity index is 1.56. The van der Waals surface area contributed by atoms with Crippen LogP contribution in [0.2, 0.25) is 0 Å². The fourth-order valence-electron chi connectivity index (χ4n) is 3.50. The molecule has 0 spiro atoms. The average molecular weight is 347 g/mol. The molecule has 2 fully saturated rings. The van der Waals surface area contributed by atoms with Crippen molar-refractivity contribution in [2.75, 3.05) is 6.54 Å². The Kier molecular flexibility index (Phi) is 5.06. The quantitative estimate of drug-likeness (QED) is 0.599. The highest BCUT2D eigenvalue weighted by atomic mass is 16.2. The third-order valence-corrected chi connectivity index (χ3v) is 5.26. The zero-order valence-electron chi connectivity index (χ0n) is 14.4. The average Bonchev–Trinajstić information content (AvgIpc) is 3.10. The lowest BCUT2D eigenvalue weighted by Gasteiger charge is -2.44. The van der Waals surface area contributed by atoms with Crippen LogP contribution in [0.4, 0.5) is 0 Å². The molecule has 2 heterocycles. The highest BCUT2D eigenvalue weighted by Crippen LogP contribution is 2.32. The van der Waals surface area contributed by atoms with E-state index in [1.54, 1.807) is 6.07 Å². The van der Waals surface area contributed by atoms with Gasteiger partial charge in [0.2, 0.25) is 11.8 Å². The molecular formula is C17H25N5O3.